The fourth-order valence-corrected chi connectivity index (χ4v) is 3.74. The minimum absolute atomic E-state index is 0.0786. The van der Waals surface area contributed by atoms with Gasteiger partial charge in [0.1, 0.15) is 12.4 Å². The number of morpholine rings is 1. The second-order valence-electron chi connectivity index (χ2n) is 6.02. The molecule has 3 atom stereocenters. The minimum Gasteiger partial charge on any atom is -0.496 e. The molecular formula is C17H24FNO2. The topological polar surface area (TPSA) is 21.7 Å². The van der Waals surface area contributed by atoms with Crippen LogP contribution in [0.15, 0.2) is 18.2 Å². The van der Waals surface area contributed by atoms with E-state index < -0.39 is 6.67 Å². The Balaban J connectivity index is 1.88. The molecule has 3 rings (SSSR count). The Hall–Kier alpha value is -1.13. The molecule has 0 unspecified atom stereocenters. The summed E-state index contributed by atoms with van der Waals surface area (Å²) < 4.78 is 24.6. The maximum atomic E-state index is 13.1. The van der Waals surface area contributed by atoms with Crippen LogP contribution in [0.5, 0.6) is 5.75 Å². The Kier molecular flexibility index (Phi) is 4.45. The zero-order chi connectivity index (χ0) is 14.8. The summed E-state index contributed by atoms with van der Waals surface area (Å²) in [4.78, 5) is 2.42. The molecule has 1 aromatic rings. The van der Waals surface area contributed by atoms with Gasteiger partial charge in [-0.15, -0.1) is 0 Å². The molecule has 21 heavy (non-hydrogen) atoms. The zero-order valence-corrected chi connectivity index (χ0v) is 12.8. The molecule has 1 aromatic carbocycles. The summed E-state index contributed by atoms with van der Waals surface area (Å²) in [6, 6.07) is 6.60. The Bertz CT molecular complexity index is 494. The van der Waals surface area contributed by atoms with E-state index >= 15 is 0 Å². The van der Waals surface area contributed by atoms with Crippen molar-refractivity contribution in [3.63, 3.8) is 0 Å². The van der Waals surface area contributed by atoms with E-state index in [1.807, 2.05) is 6.07 Å². The molecule has 0 radical (unpaired) electrons. The normalized spacial score (nSPS) is 28.8. The van der Waals surface area contributed by atoms with Crippen LogP contribution in [0.1, 0.15) is 24.5 Å². The van der Waals surface area contributed by atoms with E-state index in [4.69, 9.17) is 9.47 Å². The van der Waals surface area contributed by atoms with Crippen LogP contribution < -0.4 is 4.74 Å². The van der Waals surface area contributed by atoms with Gasteiger partial charge in [-0.05, 0) is 36.6 Å². The molecule has 1 heterocycles. The third-order valence-electron chi connectivity index (χ3n) is 4.67. The van der Waals surface area contributed by atoms with E-state index in [1.165, 1.54) is 11.1 Å². The number of halogens is 1. The van der Waals surface area contributed by atoms with Crippen molar-refractivity contribution in [1.82, 2.24) is 4.90 Å². The predicted octanol–water partition coefficient (Wildman–Crippen LogP) is 2.61. The molecule has 1 aliphatic carbocycles. The lowest BCUT2D eigenvalue weighted by Crippen LogP contribution is -2.58. The maximum Gasteiger partial charge on any atom is 0.122 e. The van der Waals surface area contributed by atoms with Gasteiger partial charge in [0.25, 0.3) is 0 Å². The smallest absolute Gasteiger partial charge is 0.122 e. The highest BCUT2D eigenvalue weighted by Gasteiger charge is 2.40. The van der Waals surface area contributed by atoms with Crippen molar-refractivity contribution in [2.75, 3.05) is 26.9 Å². The average Bonchev–Trinajstić information content (AvgIpc) is 2.52. The number of ether oxygens (including phenoxy) is 2. The van der Waals surface area contributed by atoms with Gasteiger partial charge in [0.05, 0.1) is 19.3 Å². The predicted molar refractivity (Wildman–Crippen MR) is 80.7 cm³/mol. The van der Waals surface area contributed by atoms with Crippen molar-refractivity contribution >= 4 is 0 Å². The molecule has 0 aromatic heterocycles. The summed E-state index contributed by atoms with van der Waals surface area (Å²) >= 11 is 0. The molecule has 0 amide bonds. The third kappa shape index (κ3) is 2.79. The number of nitrogens with zero attached hydrogens (tertiary/aromatic N) is 1. The van der Waals surface area contributed by atoms with Gasteiger partial charge >= 0.3 is 0 Å². The number of hydrogen-bond acceptors (Lipinski definition) is 3. The van der Waals surface area contributed by atoms with Crippen LogP contribution in [-0.4, -0.2) is 50.0 Å². The van der Waals surface area contributed by atoms with Gasteiger partial charge in [-0.3, -0.25) is 4.90 Å². The van der Waals surface area contributed by atoms with Crippen LogP contribution in [0, 0.1) is 0 Å². The Labute approximate surface area is 126 Å². The highest BCUT2D eigenvalue weighted by atomic mass is 19.1. The first kappa shape index (κ1) is 14.8. The Morgan fingerprint density at radius 3 is 2.95 bits per heavy atom. The number of benzene rings is 1. The molecule has 3 nitrogen and oxygen atoms in total. The summed E-state index contributed by atoms with van der Waals surface area (Å²) in [5.41, 5.74) is 2.58. The largest absolute Gasteiger partial charge is 0.496 e. The van der Waals surface area contributed by atoms with Gasteiger partial charge in [0, 0.05) is 19.0 Å². The van der Waals surface area contributed by atoms with Crippen molar-refractivity contribution in [3.8, 4) is 5.75 Å². The second kappa shape index (κ2) is 6.32. The Morgan fingerprint density at radius 1 is 1.38 bits per heavy atom. The first-order valence-electron chi connectivity index (χ1n) is 7.87. The Morgan fingerprint density at radius 2 is 2.24 bits per heavy atom. The number of methoxy groups -OCH3 is 1. The van der Waals surface area contributed by atoms with Crippen LogP contribution in [0.2, 0.25) is 0 Å². The molecule has 0 N–H and O–H groups in total. The molecule has 1 aliphatic heterocycles. The average molecular weight is 293 g/mol. The van der Waals surface area contributed by atoms with Crippen LogP contribution in [0.3, 0.4) is 0 Å². The molecule has 2 aliphatic rings. The van der Waals surface area contributed by atoms with Crippen molar-refractivity contribution in [3.05, 3.63) is 29.3 Å². The van der Waals surface area contributed by atoms with E-state index in [0.717, 1.165) is 31.6 Å². The van der Waals surface area contributed by atoms with Crippen molar-refractivity contribution in [2.24, 2.45) is 0 Å². The molecule has 116 valence electrons. The van der Waals surface area contributed by atoms with Gasteiger partial charge in [0.15, 0.2) is 0 Å². The highest BCUT2D eigenvalue weighted by molar-refractivity contribution is 5.43. The summed E-state index contributed by atoms with van der Waals surface area (Å²) in [7, 11) is 1.71. The molecule has 0 saturated carbocycles. The van der Waals surface area contributed by atoms with Crippen LogP contribution in [0.4, 0.5) is 4.39 Å². The van der Waals surface area contributed by atoms with Crippen molar-refractivity contribution in [2.45, 2.75) is 44.4 Å². The minimum atomic E-state index is -0.401. The fourth-order valence-electron chi connectivity index (χ4n) is 3.74. The van der Waals surface area contributed by atoms with E-state index in [9.17, 15) is 4.39 Å². The van der Waals surface area contributed by atoms with Crippen molar-refractivity contribution in [1.29, 1.82) is 0 Å². The number of hydrogen-bond donors (Lipinski definition) is 0. The SMILES string of the molecule is CCCN1C[C@H](CF)O[C@@H]2Cc3c(cccc3OC)C[C@H]21. The summed E-state index contributed by atoms with van der Waals surface area (Å²) in [5, 5.41) is 0. The number of fused-ring (bicyclic) bond motifs is 2. The molecule has 0 spiro atoms. The van der Waals surface area contributed by atoms with Gasteiger partial charge in [0.2, 0.25) is 0 Å². The lowest BCUT2D eigenvalue weighted by atomic mass is 9.83. The second-order valence-corrected chi connectivity index (χ2v) is 6.02. The first-order valence-corrected chi connectivity index (χ1v) is 7.87. The van der Waals surface area contributed by atoms with E-state index in [1.54, 1.807) is 7.11 Å². The van der Waals surface area contributed by atoms with Crippen LogP contribution in [-0.2, 0) is 17.6 Å². The molecular weight excluding hydrogens is 269 g/mol. The lowest BCUT2D eigenvalue weighted by molar-refractivity contribution is -0.127. The van der Waals surface area contributed by atoms with E-state index in [2.05, 4.69) is 24.0 Å². The number of alkyl halides is 1. The summed E-state index contributed by atoms with van der Waals surface area (Å²) in [5.74, 6) is 0.930. The lowest BCUT2D eigenvalue weighted by Gasteiger charge is -2.47. The summed E-state index contributed by atoms with van der Waals surface area (Å²) in [6.45, 7) is 3.50. The van der Waals surface area contributed by atoms with E-state index in [-0.39, 0.29) is 12.2 Å². The third-order valence-corrected chi connectivity index (χ3v) is 4.67. The van der Waals surface area contributed by atoms with Gasteiger partial charge in [-0.1, -0.05) is 19.1 Å². The first-order chi connectivity index (χ1) is 10.3. The number of rotatable bonds is 4. The van der Waals surface area contributed by atoms with E-state index in [0.29, 0.717) is 12.6 Å². The highest BCUT2D eigenvalue weighted by Crippen LogP contribution is 2.35. The van der Waals surface area contributed by atoms with Crippen LogP contribution >= 0.6 is 0 Å². The van der Waals surface area contributed by atoms with Crippen LogP contribution in [0.25, 0.3) is 0 Å². The molecule has 1 saturated heterocycles. The monoisotopic (exact) mass is 293 g/mol. The molecule has 4 heteroatoms. The summed E-state index contributed by atoms with van der Waals surface area (Å²) in [6.07, 6.45) is 2.67. The van der Waals surface area contributed by atoms with Crippen molar-refractivity contribution < 1.29 is 13.9 Å². The van der Waals surface area contributed by atoms with Gasteiger partial charge < -0.3 is 9.47 Å². The molecule has 1 fully saturated rings. The fraction of sp³-hybridized carbons (Fsp3) is 0.647. The standard InChI is InChI=1S/C17H24FNO2/c1-3-7-19-11-13(10-18)21-17-9-14-12(8-15(17)19)5-4-6-16(14)20-2/h4-6,13,15,17H,3,7-11H2,1-2H3/t13-,15+,17+/m0/s1. The molecule has 0 bridgehead atoms. The zero-order valence-electron chi connectivity index (χ0n) is 12.8. The maximum absolute atomic E-state index is 13.1. The quantitative estimate of drug-likeness (QED) is 0.852. The van der Waals surface area contributed by atoms with Gasteiger partial charge in [-0.25, -0.2) is 4.39 Å². The van der Waals surface area contributed by atoms with Gasteiger partial charge in [-0.2, -0.15) is 0 Å².